The second kappa shape index (κ2) is 9.89. The summed E-state index contributed by atoms with van der Waals surface area (Å²) in [4.78, 5) is 43.7. The zero-order chi connectivity index (χ0) is 27.8. The van der Waals surface area contributed by atoms with Gasteiger partial charge < -0.3 is 0 Å². The molecule has 0 spiro atoms. The van der Waals surface area contributed by atoms with Gasteiger partial charge in [0.1, 0.15) is 0 Å². The van der Waals surface area contributed by atoms with E-state index in [1.807, 2.05) is 37.8 Å². The van der Waals surface area contributed by atoms with Crippen LogP contribution in [0.5, 0.6) is 0 Å². The minimum Gasteiger partial charge on any atom is -0.258 e. The fraction of sp³-hybridized carbons (Fsp3) is 0. The van der Waals surface area contributed by atoms with Crippen molar-refractivity contribution in [3.8, 4) is 11.1 Å². The smallest absolute Gasteiger partial charge is 0.258 e. The number of nitro benzene ring substituents is 4. The predicted octanol–water partition coefficient (Wildman–Crippen LogP) is 6.31. The summed E-state index contributed by atoms with van der Waals surface area (Å²) in [5.41, 5.74) is -1.45. The number of fused-ring (bicyclic) bond motifs is 3. The van der Waals surface area contributed by atoms with Gasteiger partial charge in [0, 0.05) is 29.2 Å². The Morgan fingerprint density at radius 1 is 0.564 bits per heavy atom. The van der Waals surface area contributed by atoms with Crippen molar-refractivity contribution in [3.63, 3.8) is 0 Å². The lowest BCUT2D eigenvalue weighted by atomic mass is 9.99. The lowest BCUT2D eigenvalue weighted by molar-refractivity contribution is -0.395. The molecule has 1 fully saturated rings. The Bertz CT molecular complexity index is 1540. The molecule has 0 bridgehead atoms. The number of non-ortho nitro benzene ring substituents is 2. The summed E-state index contributed by atoms with van der Waals surface area (Å²) in [6.07, 6.45) is 13.1. The number of nitro groups is 4. The maximum Gasteiger partial charge on any atom is 0.284 e. The van der Waals surface area contributed by atoms with E-state index in [2.05, 4.69) is 0 Å². The van der Waals surface area contributed by atoms with Gasteiger partial charge in [-0.15, -0.1) is 0 Å². The Hall–Kier alpha value is -5.26. The molecule has 5 radical (unpaired) electrons. The lowest BCUT2D eigenvalue weighted by Crippen LogP contribution is -1.99. The Labute approximate surface area is 220 Å². The molecular formula is C27H15N4O8. The van der Waals surface area contributed by atoms with Crippen LogP contribution in [-0.2, 0) is 0 Å². The van der Waals surface area contributed by atoms with Gasteiger partial charge in [0.15, 0.2) is 0 Å². The summed E-state index contributed by atoms with van der Waals surface area (Å²) in [5, 5.41) is 47.0. The van der Waals surface area contributed by atoms with Gasteiger partial charge in [-0.1, -0.05) is 36.4 Å². The Balaban J connectivity index is 1.71. The van der Waals surface area contributed by atoms with E-state index in [0.29, 0.717) is 5.56 Å². The highest BCUT2D eigenvalue weighted by Crippen LogP contribution is 2.54. The fourth-order valence-electron chi connectivity index (χ4n) is 4.54. The van der Waals surface area contributed by atoms with Gasteiger partial charge in [0.05, 0.1) is 43.0 Å². The fourth-order valence-corrected chi connectivity index (χ4v) is 4.54. The zero-order valence-corrected chi connectivity index (χ0v) is 19.7. The molecular weight excluding hydrogens is 508 g/mol. The molecule has 3 aromatic carbocycles. The monoisotopic (exact) mass is 523 g/mol. The maximum atomic E-state index is 11.9. The average molecular weight is 523 g/mol. The van der Waals surface area contributed by atoms with Crippen molar-refractivity contribution in [2.24, 2.45) is 0 Å². The molecule has 0 aliphatic heterocycles. The van der Waals surface area contributed by atoms with Crippen LogP contribution in [0.15, 0.2) is 54.6 Å². The molecule has 39 heavy (non-hydrogen) atoms. The molecule has 2 aliphatic rings. The van der Waals surface area contributed by atoms with Gasteiger partial charge in [-0.3, -0.25) is 40.5 Å². The molecule has 0 amide bonds. The molecule has 0 unspecified atom stereocenters. The molecule has 5 rings (SSSR count). The van der Waals surface area contributed by atoms with Crippen LogP contribution in [0.25, 0.3) is 28.9 Å². The van der Waals surface area contributed by atoms with Crippen molar-refractivity contribution >= 4 is 40.5 Å². The van der Waals surface area contributed by atoms with Gasteiger partial charge in [0.2, 0.25) is 0 Å². The molecule has 0 N–H and O–H groups in total. The third-order valence-electron chi connectivity index (χ3n) is 6.25. The largest absolute Gasteiger partial charge is 0.284 e. The maximum absolute atomic E-state index is 11.9. The van der Waals surface area contributed by atoms with Gasteiger partial charge in [-0.2, -0.15) is 0 Å². The van der Waals surface area contributed by atoms with E-state index in [4.69, 9.17) is 0 Å². The molecule has 0 saturated heterocycles. The zero-order valence-electron chi connectivity index (χ0n) is 19.7. The second-order valence-corrected chi connectivity index (χ2v) is 8.58. The standard InChI is InChI=1S/C27H15N4O8/c32-28(33)19-12-22-21(11-18-9-7-17(8-10-18)6-5-16-3-1-2-4-16)23-13-20(29(34)35)15-25(31(38)39)27(23)26(22)24(14-19)30(36)37/h1-15H/b6-5+. The van der Waals surface area contributed by atoms with E-state index < -0.39 is 42.4 Å². The van der Waals surface area contributed by atoms with Gasteiger partial charge in [-0.25, -0.2) is 0 Å². The van der Waals surface area contributed by atoms with E-state index in [0.717, 1.165) is 35.7 Å². The van der Waals surface area contributed by atoms with E-state index in [9.17, 15) is 40.5 Å². The van der Waals surface area contributed by atoms with Crippen molar-refractivity contribution in [1.29, 1.82) is 0 Å². The summed E-state index contributed by atoms with van der Waals surface area (Å²) in [5.74, 6) is 1.02. The first-order valence-electron chi connectivity index (χ1n) is 11.3. The quantitative estimate of drug-likeness (QED) is 0.200. The molecule has 0 aromatic heterocycles. The van der Waals surface area contributed by atoms with Crippen LogP contribution in [-0.4, -0.2) is 19.7 Å². The highest BCUT2D eigenvalue weighted by Gasteiger charge is 2.40. The van der Waals surface area contributed by atoms with Crippen molar-refractivity contribution in [2.75, 3.05) is 0 Å². The molecule has 0 heterocycles. The van der Waals surface area contributed by atoms with Crippen LogP contribution < -0.4 is 0 Å². The van der Waals surface area contributed by atoms with Crippen LogP contribution in [0, 0.1) is 72.1 Å². The molecule has 12 nitrogen and oxygen atoms in total. The van der Waals surface area contributed by atoms with Crippen LogP contribution >= 0.6 is 0 Å². The van der Waals surface area contributed by atoms with Crippen LogP contribution in [0.1, 0.15) is 22.3 Å². The van der Waals surface area contributed by atoms with Crippen molar-refractivity contribution in [3.05, 3.63) is 149 Å². The minimum atomic E-state index is -0.864. The summed E-state index contributed by atoms with van der Waals surface area (Å²) in [6.45, 7) is 0. The average Bonchev–Trinajstić information content (AvgIpc) is 3.53. The van der Waals surface area contributed by atoms with E-state index >= 15 is 0 Å². The van der Waals surface area contributed by atoms with Gasteiger partial charge in [0.25, 0.3) is 22.7 Å². The molecule has 191 valence electrons. The summed E-state index contributed by atoms with van der Waals surface area (Å²) in [7, 11) is 0. The first-order chi connectivity index (χ1) is 18.6. The molecule has 12 heteroatoms. The SMILES string of the molecule is O=[N+]([O-])c1cc2c(c([N+](=O)[O-])c1)-c1c(cc([N+](=O)[O-])cc1[N+](=O)[O-])C2=Cc1ccc(/C=C/[C]2[CH][CH][CH][CH]2)cc1. The Kier molecular flexibility index (Phi) is 6.44. The number of hydrogen-bond donors (Lipinski definition) is 0. The van der Waals surface area contributed by atoms with Gasteiger partial charge in [-0.05, 0) is 48.5 Å². The third-order valence-corrected chi connectivity index (χ3v) is 6.25. The molecule has 0 atom stereocenters. The number of hydrogen-bond acceptors (Lipinski definition) is 8. The summed E-state index contributed by atoms with van der Waals surface area (Å²) in [6, 6.07) is 10.7. The minimum absolute atomic E-state index is 0.00493. The number of rotatable bonds is 7. The highest BCUT2D eigenvalue weighted by molar-refractivity contribution is 6.12. The first-order valence-corrected chi connectivity index (χ1v) is 11.3. The second-order valence-electron chi connectivity index (χ2n) is 8.58. The normalized spacial score (nSPS) is 14.3. The lowest BCUT2D eigenvalue weighted by Gasteiger charge is -2.05. The van der Waals surface area contributed by atoms with Crippen molar-refractivity contribution < 1.29 is 19.7 Å². The molecule has 2 aliphatic carbocycles. The van der Waals surface area contributed by atoms with Crippen LogP contribution in [0.3, 0.4) is 0 Å². The van der Waals surface area contributed by atoms with E-state index in [1.54, 1.807) is 24.3 Å². The Morgan fingerprint density at radius 2 is 1.03 bits per heavy atom. The number of benzene rings is 3. The van der Waals surface area contributed by atoms with Crippen LogP contribution in [0.2, 0.25) is 0 Å². The van der Waals surface area contributed by atoms with E-state index in [-0.39, 0.29) is 27.8 Å². The molecule has 1 saturated carbocycles. The summed E-state index contributed by atoms with van der Waals surface area (Å²) < 4.78 is 0. The number of allylic oxidation sites excluding steroid dienone is 1. The Morgan fingerprint density at radius 3 is 1.46 bits per heavy atom. The highest BCUT2D eigenvalue weighted by atomic mass is 16.6. The van der Waals surface area contributed by atoms with Gasteiger partial charge >= 0.3 is 0 Å². The third kappa shape index (κ3) is 4.75. The molecule has 3 aromatic rings. The first kappa shape index (κ1) is 25.4. The van der Waals surface area contributed by atoms with Crippen LogP contribution in [0.4, 0.5) is 22.7 Å². The predicted molar refractivity (Wildman–Crippen MR) is 141 cm³/mol. The van der Waals surface area contributed by atoms with Crippen molar-refractivity contribution in [1.82, 2.24) is 0 Å². The topological polar surface area (TPSA) is 173 Å². The van der Waals surface area contributed by atoms with Crippen molar-refractivity contribution in [2.45, 2.75) is 0 Å². The summed E-state index contributed by atoms with van der Waals surface area (Å²) >= 11 is 0. The number of nitrogens with zero attached hydrogens (tertiary/aromatic N) is 4. The van der Waals surface area contributed by atoms with E-state index in [1.165, 1.54) is 6.08 Å².